The Hall–Kier alpha value is -1.32. The Kier molecular flexibility index (Phi) is 3.97. The number of aryl methyl sites for hydroxylation is 1. The second-order valence-corrected chi connectivity index (χ2v) is 6.29. The summed E-state index contributed by atoms with van der Waals surface area (Å²) in [5.41, 5.74) is 1.55. The molecule has 4 heteroatoms. The van der Waals surface area contributed by atoms with Gasteiger partial charge in [0, 0.05) is 25.2 Å². The van der Waals surface area contributed by atoms with Gasteiger partial charge in [-0.25, -0.2) is 9.97 Å². The smallest absolute Gasteiger partial charge is 0.137 e. The lowest BCUT2D eigenvalue weighted by atomic mass is 9.84. The SMILES string of the molecule is CCNc1nc(C)nc(N2CCCC(C)(C)C2)c1C. The second kappa shape index (κ2) is 5.35. The summed E-state index contributed by atoms with van der Waals surface area (Å²) in [5.74, 6) is 2.93. The lowest BCUT2D eigenvalue weighted by Gasteiger charge is -2.39. The van der Waals surface area contributed by atoms with Gasteiger partial charge in [-0.2, -0.15) is 0 Å². The number of aromatic nitrogens is 2. The Morgan fingerprint density at radius 3 is 2.63 bits per heavy atom. The number of hydrogen-bond donors (Lipinski definition) is 1. The standard InChI is InChI=1S/C15H26N4/c1-6-16-13-11(2)14(18-12(3)17-13)19-9-7-8-15(4,5)10-19/h6-10H2,1-5H3,(H,16,17,18). The lowest BCUT2D eigenvalue weighted by molar-refractivity contribution is 0.292. The van der Waals surface area contributed by atoms with Gasteiger partial charge in [-0.15, -0.1) is 0 Å². The molecule has 1 aromatic heterocycles. The summed E-state index contributed by atoms with van der Waals surface area (Å²) >= 11 is 0. The summed E-state index contributed by atoms with van der Waals surface area (Å²) in [4.78, 5) is 11.6. The maximum atomic E-state index is 4.68. The van der Waals surface area contributed by atoms with Gasteiger partial charge < -0.3 is 10.2 Å². The molecule has 0 bridgehead atoms. The zero-order valence-corrected chi connectivity index (χ0v) is 12.9. The third kappa shape index (κ3) is 3.17. The van der Waals surface area contributed by atoms with Gasteiger partial charge in [0.05, 0.1) is 0 Å². The number of nitrogens with zero attached hydrogens (tertiary/aromatic N) is 3. The van der Waals surface area contributed by atoms with Crippen LogP contribution in [-0.2, 0) is 0 Å². The van der Waals surface area contributed by atoms with E-state index in [4.69, 9.17) is 0 Å². The van der Waals surface area contributed by atoms with E-state index in [1.807, 2.05) is 6.92 Å². The van der Waals surface area contributed by atoms with Crippen LogP contribution in [0.4, 0.5) is 11.6 Å². The molecule has 2 rings (SSSR count). The maximum Gasteiger partial charge on any atom is 0.137 e. The van der Waals surface area contributed by atoms with Crippen molar-refractivity contribution in [2.75, 3.05) is 29.9 Å². The van der Waals surface area contributed by atoms with Crippen molar-refractivity contribution >= 4 is 11.6 Å². The van der Waals surface area contributed by atoms with Gasteiger partial charge in [-0.05, 0) is 39.0 Å². The minimum Gasteiger partial charge on any atom is -0.370 e. The molecule has 19 heavy (non-hydrogen) atoms. The maximum absolute atomic E-state index is 4.68. The third-order valence-electron chi connectivity index (χ3n) is 3.78. The molecule has 0 atom stereocenters. The Morgan fingerprint density at radius 2 is 2.00 bits per heavy atom. The van der Waals surface area contributed by atoms with Crippen LogP contribution in [-0.4, -0.2) is 29.6 Å². The number of nitrogens with one attached hydrogen (secondary N) is 1. The normalized spacial score (nSPS) is 18.5. The van der Waals surface area contributed by atoms with Crippen LogP contribution in [0, 0.1) is 19.3 Å². The molecule has 1 fully saturated rings. The van der Waals surface area contributed by atoms with Gasteiger partial charge in [0.2, 0.25) is 0 Å². The molecule has 0 spiro atoms. The first kappa shape index (κ1) is 14.1. The summed E-state index contributed by atoms with van der Waals surface area (Å²) in [6.07, 6.45) is 2.54. The van der Waals surface area contributed by atoms with Crippen LogP contribution in [0.2, 0.25) is 0 Å². The quantitative estimate of drug-likeness (QED) is 0.908. The average molecular weight is 262 g/mol. The number of rotatable bonds is 3. The molecular weight excluding hydrogens is 236 g/mol. The van der Waals surface area contributed by atoms with E-state index in [9.17, 15) is 0 Å². The molecule has 4 nitrogen and oxygen atoms in total. The highest BCUT2D eigenvalue weighted by molar-refractivity contribution is 5.58. The summed E-state index contributed by atoms with van der Waals surface area (Å²) < 4.78 is 0. The first-order valence-corrected chi connectivity index (χ1v) is 7.27. The van der Waals surface area contributed by atoms with E-state index >= 15 is 0 Å². The summed E-state index contributed by atoms with van der Waals surface area (Å²) in [7, 11) is 0. The van der Waals surface area contributed by atoms with Crippen LogP contribution in [0.25, 0.3) is 0 Å². The van der Waals surface area contributed by atoms with E-state index < -0.39 is 0 Å². The van der Waals surface area contributed by atoms with Crippen molar-refractivity contribution in [1.29, 1.82) is 0 Å². The Bertz CT molecular complexity index is 454. The van der Waals surface area contributed by atoms with Crippen LogP contribution in [0.15, 0.2) is 0 Å². The molecule has 0 aliphatic carbocycles. The molecule has 1 aliphatic heterocycles. The van der Waals surface area contributed by atoms with Crippen molar-refractivity contribution in [2.24, 2.45) is 5.41 Å². The Labute approximate surface area is 116 Å². The monoisotopic (exact) mass is 262 g/mol. The summed E-state index contributed by atoms with van der Waals surface area (Å²) in [5, 5.41) is 3.34. The number of hydrogen-bond acceptors (Lipinski definition) is 4. The zero-order chi connectivity index (χ0) is 14.0. The topological polar surface area (TPSA) is 41.1 Å². The number of piperidine rings is 1. The molecule has 0 radical (unpaired) electrons. The van der Waals surface area contributed by atoms with Crippen LogP contribution >= 0.6 is 0 Å². The third-order valence-corrected chi connectivity index (χ3v) is 3.78. The van der Waals surface area contributed by atoms with Crippen molar-refractivity contribution in [3.8, 4) is 0 Å². The average Bonchev–Trinajstić information content (AvgIpc) is 2.32. The first-order chi connectivity index (χ1) is 8.93. The molecule has 0 unspecified atom stereocenters. The molecule has 0 aromatic carbocycles. The van der Waals surface area contributed by atoms with E-state index in [-0.39, 0.29) is 0 Å². The molecule has 1 N–H and O–H groups in total. The van der Waals surface area contributed by atoms with Crippen molar-refractivity contribution in [2.45, 2.75) is 47.5 Å². The van der Waals surface area contributed by atoms with Gasteiger partial charge >= 0.3 is 0 Å². The highest BCUT2D eigenvalue weighted by Gasteiger charge is 2.28. The predicted molar refractivity (Wildman–Crippen MR) is 80.9 cm³/mol. The van der Waals surface area contributed by atoms with E-state index in [1.54, 1.807) is 0 Å². The van der Waals surface area contributed by atoms with Crippen molar-refractivity contribution in [3.05, 3.63) is 11.4 Å². The fourth-order valence-corrected chi connectivity index (χ4v) is 2.87. The second-order valence-electron chi connectivity index (χ2n) is 6.29. The number of anilines is 2. The van der Waals surface area contributed by atoms with Crippen LogP contribution in [0.1, 0.15) is 45.0 Å². The van der Waals surface area contributed by atoms with Crippen molar-refractivity contribution in [3.63, 3.8) is 0 Å². The summed E-state index contributed by atoms with van der Waals surface area (Å²) in [6.45, 7) is 13.9. The Balaban J connectivity index is 2.33. The minimum absolute atomic E-state index is 0.377. The first-order valence-electron chi connectivity index (χ1n) is 7.27. The Morgan fingerprint density at radius 1 is 1.26 bits per heavy atom. The molecule has 0 amide bonds. The molecule has 0 saturated carbocycles. The van der Waals surface area contributed by atoms with Crippen LogP contribution < -0.4 is 10.2 Å². The minimum atomic E-state index is 0.377. The van der Waals surface area contributed by atoms with Crippen molar-refractivity contribution < 1.29 is 0 Å². The molecular formula is C15H26N4. The van der Waals surface area contributed by atoms with Gasteiger partial charge in [0.25, 0.3) is 0 Å². The molecule has 106 valence electrons. The van der Waals surface area contributed by atoms with Gasteiger partial charge in [0.15, 0.2) is 0 Å². The van der Waals surface area contributed by atoms with Gasteiger partial charge in [-0.3, -0.25) is 0 Å². The summed E-state index contributed by atoms with van der Waals surface area (Å²) in [6, 6.07) is 0. The highest BCUT2D eigenvalue weighted by atomic mass is 15.2. The van der Waals surface area contributed by atoms with Crippen molar-refractivity contribution in [1.82, 2.24) is 9.97 Å². The zero-order valence-electron chi connectivity index (χ0n) is 12.9. The largest absolute Gasteiger partial charge is 0.370 e. The van der Waals surface area contributed by atoms with Crippen LogP contribution in [0.3, 0.4) is 0 Å². The fraction of sp³-hybridized carbons (Fsp3) is 0.733. The van der Waals surface area contributed by atoms with E-state index in [0.29, 0.717) is 5.41 Å². The fourth-order valence-electron chi connectivity index (χ4n) is 2.87. The van der Waals surface area contributed by atoms with Gasteiger partial charge in [0.1, 0.15) is 17.5 Å². The van der Waals surface area contributed by atoms with Crippen LogP contribution in [0.5, 0.6) is 0 Å². The molecule has 2 heterocycles. The van der Waals surface area contributed by atoms with E-state index in [2.05, 4.69) is 47.9 Å². The van der Waals surface area contributed by atoms with Gasteiger partial charge in [-0.1, -0.05) is 13.8 Å². The molecule has 1 aromatic rings. The highest BCUT2D eigenvalue weighted by Crippen LogP contribution is 2.33. The predicted octanol–water partition coefficient (Wildman–Crippen LogP) is 3.15. The van der Waals surface area contributed by atoms with E-state index in [1.165, 1.54) is 18.4 Å². The lowest BCUT2D eigenvalue weighted by Crippen LogP contribution is -2.41. The van der Waals surface area contributed by atoms with E-state index in [0.717, 1.165) is 37.1 Å². The molecule has 1 aliphatic rings. The molecule has 1 saturated heterocycles.